The fourth-order valence-electron chi connectivity index (χ4n) is 0. The summed E-state index contributed by atoms with van der Waals surface area (Å²) in [5, 5.41) is 0. The summed E-state index contributed by atoms with van der Waals surface area (Å²) < 4.78 is 59.5. The van der Waals surface area contributed by atoms with Crippen molar-refractivity contribution in [3.63, 3.8) is 0 Å². The second-order valence-corrected chi connectivity index (χ2v) is 4.42. The van der Waals surface area contributed by atoms with Gasteiger partial charge in [-0.2, -0.15) is 0 Å². The summed E-state index contributed by atoms with van der Waals surface area (Å²) >= 11 is -11.2. The summed E-state index contributed by atoms with van der Waals surface area (Å²) in [5.74, 6) is 0. The van der Waals surface area contributed by atoms with Crippen LogP contribution in [0.3, 0.4) is 0 Å². The first-order chi connectivity index (χ1) is 2.45. The van der Waals surface area contributed by atoms with Crippen LogP contribution in [0, 0.1) is 0 Å². The van der Waals surface area contributed by atoms with Gasteiger partial charge in [0.15, 0.2) is 0 Å². The van der Waals surface area contributed by atoms with E-state index in [2.05, 4.69) is 0 Å². The van der Waals surface area contributed by atoms with Gasteiger partial charge in [-0.1, -0.05) is 0 Å². The molecule has 0 amide bonds. The van der Waals surface area contributed by atoms with Crippen LogP contribution in [0.4, 0.5) is 18.6 Å². The topological polar surface area (TPSA) is 0 Å². The molecule has 0 aliphatic heterocycles. The van der Waals surface area contributed by atoms with Crippen LogP contribution in [0.1, 0.15) is 0 Å². The molecule has 46 valence electrons. The summed E-state index contributed by atoms with van der Waals surface area (Å²) in [4.78, 5) is 0. The standard InChI is InChI=1S/6FH.Ti/h6*1H;/q;;;;;;+6/p-6. The van der Waals surface area contributed by atoms with Gasteiger partial charge in [-0.15, -0.1) is 0 Å². The van der Waals surface area contributed by atoms with E-state index in [4.69, 9.17) is 0 Å². The molecule has 0 bridgehead atoms. The average Bonchev–Trinajstić information content (AvgIpc) is 0.592. The number of hydrogen-bond acceptors (Lipinski definition) is 0. The Hall–Kier alpha value is 0.294. The number of rotatable bonds is 0. The third-order valence-corrected chi connectivity index (χ3v) is 0. The van der Waals surface area contributed by atoms with Gasteiger partial charge in [0.05, 0.1) is 0 Å². The van der Waals surface area contributed by atoms with E-state index in [1.807, 2.05) is 0 Å². The van der Waals surface area contributed by atoms with Crippen molar-refractivity contribution in [1.82, 2.24) is 0 Å². The quantitative estimate of drug-likeness (QED) is 0.379. The van der Waals surface area contributed by atoms with Crippen LogP contribution in [0.25, 0.3) is 0 Å². The molecule has 0 aliphatic rings. The van der Waals surface area contributed by atoms with E-state index in [9.17, 15) is 18.6 Å². The van der Waals surface area contributed by atoms with Crippen LogP contribution in [0.5, 0.6) is 0 Å². The molecule has 0 N–H and O–H groups in total. The summed E-state index contributed by atoms with van der Waals surface area (Å²) in [6, 6.07) is 0. The third-order valence-electron chi connectivity index (χ3n) is 0. The summed E-state index contributed by atoms with van der Waals surface area (Å²) in [5.41, 5.74) is 0. The van der Waals surface area contributed by atoms with E-state index in [1.165, 1.54) is 0 Å². The maximum absolute atomic E-state index is 11.2. The molecule has 0 saturated heterocycles. The molecule has 0 aromatic heterocycles. The predicted molar refractivity (Wildman–Crippen MR) is 6.65 cm³/mol. The molecule has 0 saturated carbocycles. The Balaban J connectivity index is 4.43. The van der Waals surface area contributed by atoms with Crippen molar-refractivity contribution in [3.05, 3.63) is 0 Å². The zero-order chi connectivity index (χ0) is 6.41. The Labute approximate surface area is 36.6 Å². The Morgan fingerprint density at radius 1 is 0.571 bits per heavy atom. The molecule has 7 heavy (non-hydrogen) atoms. The molecule has 0 heterocycles. The second kappa shape index (κ2) is 0.754. The first-order valence-corrected chi connectivity index (χ1v) is 4.68. The summed E-state index contributed by atoms with van der Waals surface area (Å²) in [7, 11) is 0. The summed E-state index contributed by atoms with van der Waals surface area (Å²) in [6.07, 6.45) is 0. The van der Waals surface area contributed by atoms with Crippen LogP contribution >= 0.6 is 0 Å². The molecular weight excluding hydrogens is 162 g/mol. The molecule has 0 nitrogen and oxygen atoms in total. The third kappa shape index (κ3) is 1340. The zero-order valence-corrected chi connectivity index (χ0v) is 4.33. The first kappa shape index (κ1) is 7.29. The van der Waals surface area contributed by atoms with Crippen molar-refractivity contribution in [2.75, 3.05) is 0 Å². The van der Waals surface area contributed by atoms with E-state index in [0.717, 1.165) is 0 Å². The van der Waals surface area contributed by atoms with Crippen LogP contribution in [-0.4, -0.2) is 0 Å². The molecule has 0 aromatic rings. The van der Waals surface area contributed by atoms with Gasteiger partial charge in [0.2, 0.25) is 0 Å². The van der Waals surface area contributed by atoms with Crippen molar-refractivity contribution in [2.45, 2.75) is 0 Å². The molecule has 0 fully saturated rings. The molecule has 0 rings (SSSR count). The summed E-state index contributed by atoms with van der Waals surface area (Å²) in [6.45, 7) is 0. The normalized spacial score (nSPS) is 23.1. The van der Waals surface area contributed by atoms with Crippen LogP contribution in [0.15, 0.2) is 0 Å². The van der Waals surface area contributed by atoms with E-state index in [1.54, 1.807) is 0 Å². The minimum atomic E-state index is -11.2. The Morgan fingerprint density at radius 3 is 0.571 bits per heavy atom. The van der Waals surface area contributed by atoms with Gasteiger partial charge in [0, 0.05) is 0 Å². The van der Waals surface area contributed by atoms with Gasteiger partial charge in [0.1, 0.15) is 0 Å². The Morgan fingerprint density at radius 2 is 0.571 bits per heavy atom. The fraction of sp³-hybridized carbons (Fsp3) is 0. The first-order valence-electron chi connectivity index (χ1n) is 1.13. The molecule has 0 aliphatic carbocycles. The SMILES string of the molecule is [F][Ti]([F])([F])([F])([F])[F]. The van der Waals surface area contributed by atoms with Crippen molar-refractivity contribution in [2.24, 2.45) is 0 Å². The molecule has 0 radical (unpaired) electrons. The van der Waals surface area contributed by atoms with Gasteiger partial charge >= 0.3 is 35.8 Å². The van der Waals surface area contributed by atoms with Crippen LogP contribution in [-0.2, 0) is 17.2 Å². The van der Waals surface area contributed by atoms with Crippen molar-refractivity contribution >= 4 is 0 Å². The van der Waals surface area contributed by atoms with Crippen molar-refractivity contribution in [1.29, 1.82) is 0 Å². The van der Waals surface area contributed by atoms with Crippen LogP contribution in [0.2, 0.25) is 0 Å². The number of halogens is 6. The Kier molecular flexibility index (Phi) is 0.786. The molecule has 7 heteroatoms. The number of hydrogen-bond donors (Lipinski definition) is 0. The van der Waals surface area contributed by atoms with Gasteiger partial charge in [-0.25, -0.2) is 0 Å². The second-order valence-electron chi connectivity index (χ2n) is 1.07. The van der Waals surface area contributed by atoms with Crippen LogP contribution < -0.4 is 0 Å². The van der Waals surface area contributed by atoms with Gasteiger partial charge in [-0.05, 0) is 0 Å². The molecular formula is F6Ti. The van der Waals surface area contributed by atoms with E-state index < -0.39 is 17.2 Å². The molecule has 0 aromatic carbocycles. The van der Waals surface area contributed by atoms with Crippen molar-refractivity contribution in [3.8, 4) is 0 Å². The zero-order valence-electron chi connectivity index (χ0n) is 2.77. The fourth-order valence-corrected chi connectivity index (χ4v) is 0. The van der Waals surface area contributed by atoms with Gasteiger partial charge in [-0.3, -0.25) is 0 Å². The predicted octanol–water partition coefficient (Wildman–Crippen LogP) is 2.52. The maximum atomic E-state index is 9.92. The van der Waals surface area contributed by atoms with E-state index in [-0.39, 0.29) is 0 Å². The Bertz CT molecular complexity index is 62.7. The monoisotopic (exact) mass is 162 g/mol. The van der Waals surface area contributed by atoms with Crippen molar-refractivity contribution < 1.29 is 35.8 Å². The van der Waals surface area contributed by atoms with Gasteiger partial charge in [0.25, 0.3) is 0 Å². The average molecular weight is 162 g/mol. The van der Waals surface area contributed by atoms with E-state index >= 15 is 0 Å². The molecule has 0 atom stereocenters. The minimum absolute atomic E-state index is 9.92. The van der Waals surface area contributed by atoms with Gasteiger partial charge < -0.3 is 0 Å². The molecule has 0 spiro atoms. The van der Waals surface area contributed by atoms with E-state index in [0.29, 0.717) is 0 Å². The molecule has 0 unspecified atom stereocenters.